The zero-order chi connectivity index (χ0) is 22.3. The third-order valence-electron chi connectivity index (χ3n) is 6.57. The van der Waals surface area contributed by atoms with E-state index in [0.717, 1.165) is 12.8 Å². The molecule has 5 heterocycles. The van der Waals surface area contributed by atoms with Gasteiger partial charge in [-0.3, -0.25) is 4.90 Å². The van der Waals surface area contributed by atoms with Crippen molar-refractivity contribution in [2.75, 3.05) is 37.7 Å². The molecule has 4 atom stereocenters. The molecule has 30 heavy (non-hydrogen) atoms. The van der Waals surface area contributed by atoms with Crippen molar-refractivity contribution in [3.63, 3.8) is 0 Å². The maximum atomic E-state index is 14.9. The number of nitrogens with zero attached hydrogens (tertiary/aromatic N) is 5. The van der Waals surface area contributed by atoms with Crippen LogP contribution in [-0.2, 0) is 4.74 Å². The lowest BCUT2D eigenvalue weighted by molar-refractivity contribution is 0.102. The van der Waals surface area contributed by atoms with Crippen LogP contribution in [0.1, 0.15) is 28.4 Å². The Bertz CT molecular complexity index is 1100. The molecule has 3 aliphatic heterocycles. The van der Waals surface area contributed by atoms with Gasteiger partial charge < -0.3 is 14.4 Å². The van der Waals surface area contributed by atoms with Crippen molar-refractivity contribution in [2.24, 2.45) is 0 Å². The van der Waals surface area contributed by atoms with Crippen LogP contribution in [0.3, 0.4) is 0 Å². The van der Waals surface area contributed by atoms with Crippen LogP contribution in [0.15, 0.2) is 6.20 Å². The summed E-state index contributed by atoms with van der Waals surface area (Å²) in [4.78, 5) is 16.4. The van der Waals surface area contributed by atoms with Crippen molar-refractivity contribution in [2.45, 2.75) is 49.5 Å². The number of fused-ring (bicyclic) bond motifs is 3. The summed E-state index contributed by atoms with van der Waals surface area (Å²) in [6.07, 6.45) is 2.50. The van der Waals surface area contributed by atoms with Gasteiger partial charge in [-0.2, -0.15) is 9.97 Å². The smallest absolute Gasteiger partial charge is 0.319 e. The molecule has 0 bridgehead atoms. The third-order valence-corrected chi connectivity index (χ3v) is 6.83. The van der Waals surface area contributed by atoms with Crippen LogP contribution in [0.2, 0.25) is 5.15 Å². The van der Waals surface area contributed by atoms with Crippen LogP contribution in [0.5, 0.6) is 6.01 Å². The van der Waals surface area contributed by atoms with E-state index in [1.807, 2.05) is 9.80 Å². The number of aromatic nitrogens is 3. The molecule has 4 aliphatic rings. The Kier molecular flexibility index (Phi) is 3.83. The van der Waals surface area contributed by atoms with E-state index in [1.165, 1.54) is 6.20 Å². The Hall–Kier alpha value is -1.84. The van der Waals surface area contributed by atoms with Crippen LogP contribution in [0.25, 0.3) is 10.9 Å². The van der Waals surface area contributed by atoms with Crippen molar-refractivity contribution in [1.29, 1.82) is 0 Å². The zero-order valence-corrected chi connectivity index (χ0v) is 16.9. The molecule has 0 N–H and O–H groups in total. The van der Waals surface area contributed by atoms with E-state index in [-0.39, 0.29) is 41.8 Å². The minimum atomic E-state index is -2.27. The van der Waals surface area contributed by atoms with Gasteiger partial charge in [0.25, 0.3) is 0 Å². The normalized spacial score (nSPS) is 34.5. The number of alkyl halides is 1. The lowest BCUT2D eigenvalue weighted by Crippen LogP contribution is -2.43. The Morgan fingerprint density at radius 2 is 2.30 bits per heavy atom. The highest BCUT2D eigenvalue weighted by molar-refractivity contribution is 6.30. The molecule has 1 saturated carbocycles. The minimum absolute atomic E-state index is 0.0394. The predicted molar refractivity (Wildman–Crippen MR) is 106 cm³/mol. The first-order chi connectivity index (χ1) is 15.3. The number of anilines is 1. The topological polar surface area (TPSA) is 63.6 Å². The molecule has 0 radical (unpaired) electrons. The standard InChI is InChI=1S/C20H22ClF2N5O2/c21-17-15(23)16-12(8-24-17)18(28-4-5-29-14-6-13(14)28)26-19(25-16)30-10-20-2-1-3-27(20)9-11(22)7-20/h8,11,13-14H,1-7,9-10H2/t11-,13+,14-,20+/m1/s1/i10D2. The Morgan fingerprint density at radius 1 is 1.40 bits per heavy atom. The predicted octanol–water partition coefficient (Wildman–Crippen LogP) is 2.75. The van der Waals surface area contributed by atoms with Crippen LogP contribution in [0.4, 0.5) is 14.6 Å². The highest BCUT2D eigenvalue weighted by Gasteiger charge is 2.50. The van der Waals surface area contributed by atoms with Crippen molar-refractivity contribution in [3.8, 4) is 6.01 Å². The molecule has 2 aromatic rings. The monoisotopic (exact) mass is 439 g/mol. The quantitative estimate of drug-likeness (QED) is 0.679. The molecule has 7 nitrogen and oxygen atoms in total. The van der Waals surface area contributed by atoms with Gasteiger partial charge in [-0.25, -0.2) is 13.8 Å². The summed E-state index contributed by atoms with van der Waals surface area (Å²) in [5.74, 6) is -0.403. The zero-order valence-electron chi connectivity index (χ0n) is 18.2. The summed E-state index contributed by atoms with van der Waals surface area (Å²) >= 11 is 5.90. The van der Waals surface area contributed by atoms with Crippen LogP contribution in [0, 0.1) is 5.82 Å². The van der Waals surface area contributed by atoms with Crippen molar-refractivity contribution in [3.05, 3.63) is 17.2 Å². The summed E-state index contributed by atoms with van der Waals surface area (Å²) in [7, 11) is 0. The van der Waals surface area contributed by atoms with Gasteiger partial charge in [0.05, 0.1) is 32.4 Å². The Labute approximate surface area is 180 Å². The Balaban J connectivity index is 1.43. The highest BCUT2D eigenvalue weighted by atomic mass is 35.5. The summed E-state index contributed by atoms with van der Waals surface area (Å²) in [5, 5.41) is 0.0386. The molecule has 6 rings (SSSR count). The first kappa shape index (κ1) is 16.8. The molecule has 3 saturated heterocycles. The maximum absolute atomic E-state index is 14.9. The molecule has 0 amide bonds. The molecule has 160 valence electrons. The van der Waals surface area contributed by atoms with Gasteiger partial charge in [0.2, 0.25) is 0 Å². The van der Waals surface area contributed by atoms with E-state index < -0.39 is 24.1 Å². The summed E-state index contributed by atoms with van der Waals surface area (Å²) in [5.41, 5.74) is -1.18. The lowest BCUT2D eigenvalue weighted by Gasteiger charge is -2.31. The van der Waals surface area contributed by atoms with E-state index in [9.17, 15) is 8.78 Å². The average Bonchev–Trinajstić information content (AvgIpc) is 3.32. The molecule has 10 heteroatoms. The summed E-state index contributed by atoms with van der Waals surface area (Å²) < 4.78 is 58.0. The first-order valence-corrected chi connectivity index (χ1v) is 10.6. The molecular formula is C20H22ClF2N5O2. The fourth-order valence-electron chi connectivity index (χ4n) is 5.06. The SMILES string of the molecule is [2H]C([2H])(Oc1nc(N2CCO[C@@H]3C[C@@H]32)c2cnc(Cl)c(F)c2n1)[C@@]12CCCN1C[C@H](F)C2. The number of pyridine rings is 1. The highest BCUT2D eigenvalue weighted by Crippen LogP contribution is 2.42. The molecule has 2 aromatic heterocycles. The summed E-state index contributed by atoms with van der Waals surface area (Å²) in [6.45, 7) is -0.427. The van der Waals surface area contributed by atoms with Gasteiger partial charge in [-0.15, -0.1) is 0 Å². The van der Waals surface area contributed by atoms with Gasteiger partial charge in [0.15, 0.2) is 11.0 Å². The van der Waals surface area contributed by atoms with Crippen molar-refractivity contribution >= 4 is 28.3 Å². The van der Waals surface area contributed by atoms with Crippen molar-refractivity contribution < 1.29 is 21.0 Å². The van der Waals surface area contributed by atoms with Gasteiger partial charge >= 0.3 is 6.01 Å². The second-order valence-corrected chi connectivity index (χ2v) is 8.81. The van der Waals surface area contributed by atoms with Crippen LogP contribution < -0.4 is 9.64 Å². The fourth-order valence-corrected chi connectivity index (χ4v) is 5.20. The van der Waals surface area contributed by atoms with Gasteiger partial charge in [-0.1, -0.05) is 11.6 Å². The van der Waals surface area contributed by atoms with Crippen LogP contribution in [-0.4, -0.2) is 76.5 Å². The van der Waals surface area contributed by atoms with Crippen LogP contribution >= 0.6 is 11.6 Å². The fraction of sp³-hybridized carbons (Fsp3) is 0.650. The largest absolute Gasteiger partial charge is 0.461 e. The molecule has 4 fully saturated rings. The molecule has 0 aromatic carbocycles. The van der Waals surface area contributed by atoms with E-state index >= 15 is 0 Å². The molecular weight excluding hydrogens is 416 g/mol. The number of hydrogen-bond acceptors (Lipinski definition) is 7. The number of ether oxygens (including phenoxy) is 2. The van der Waals surface area contributed by atoms with Crippen molar-refractivity contribution in [1.82, 2.24) is 19.9 Å². The minimum Gasteiger partial charge on any atom is -0.461 e. The number of hydrogen-bond donors (Lipinski definition) is 0. The van der Waals surface area contributed by atoms with E-state index in [0.29, 0.717) is 37.3 Å². The molecule has 1 aliphatic carbocycles. The lowest BCUT2D eigenvalue weighted by atomic mass is 9.95. The third kappa shape index (κ3) is 2.93. The van der Waals surface area contributed by atoms with Gasteiger partial charge in [0.1, 0.15) is 24.1 Å². The van der Waals surface area contributed by atoms with E-state index in [2.05, 4.69) is 15.0 Å². The Morgan fingerprint density at radius 3 is 3.20 bits per heavy atom. The number of rotatable bonds is 4. The van der Waals surface area contributed by atoms with E-state index in [4.69, 9.17) is 23.8 Å². The van der Waals surface area contributed by atoms with Gasteiger partial charge in [0, 0.05) is 25.7 Å². The molecule has 0 unspecified atom stereocenters. The average molecular weight is 440 g/mol. The number of morpholine rings is 1. The van der Waals surface area contributed by atoms with E-state index in [1.54, 1.807) is 0 Å². The van der Waals surface area contributed by atoms with Gasteiger partial charge in [-0.05, 0) is 25.8 Å². The molecule has 0 spiro atoms. The number of halogens is 3. The second kappa shape index (κ2) is 6.83. The summed E-state index contributed by atoms with van der Waals surface area (Å²) in [6, 6.07) is -0.192. The second-order valence-electron chi connectivity index (χ2n) is 8.45. The maximum Gasteiger partial charge on any atom is 0.319 e. The first-order valence-electron chi connectivity index (χ1n) is 11.3.